The summed E-state index contributed by atoms with van der Waals surface area (Å²) in [7, 11) is 0. The lowest BCUT2D eigenvalue weighted by Crippen LogP contribution is -2.48. The zero-order valence-electron chi connectivity index (χ0n) is 10.7. The fourth-order valence-electron chi connectivity index (χ4n) is 2.44. The van der Waals surface area contributed by atoms with Gasteiger partial charge in [0.25, 0.3) is 0 Å². The number of anilines is 1. The van der Waals surface area contributed by atoms with Gasteiger partial charge in [-0.2, -0.15) is 0 Å². The Labute approximate surface area is 111 Å². The molecule has 0 aromatic carbocycles. The second-order valence-corrected chi connectivity index (χ2v) is 4.56. The summed E-state index contributed by atoms with van der Waals surface area (Å²) in [5.74, 6) is 1.10. The van der Waals surface area contributed by atoms with Gasteiger partial charge in [-0.3, -0.25) is 9.20 Å². The first kappa shape index (κ1) is 11.8. The molecule has 1 saturated heterocycles. The first-order valence-corrected chi connectivity index (χ1v) is 6.38. The predicted molar refractivity (Wildman–Crippen MR) is 74.2 cm³/mol. The summed E-state index contributed by atoms with van der Waals surface area (Å²) in [6.07, 6.45) is 5.28. The molecule has 1 aliphatic rings. The number of hydrogen-bond donors (Lipinski definition) is 0. The molecule has 0 saturated carbocycles. The molecule has 5 nitrogen and oxygen atoms in total. The summed E-state index contributed by atoms with van der Waals surface area (Å²) < 4.78 is 2.07. The highest BCUT2D eigenvalue weighted by atomic mass is 16.2. The average molecular weight is 256 g/mol. The SMILES string of the molecule is C=CC(=O)N1CCN(c2cnc3ccccn23)CC1. The third-order valence-electron chi connectivity index (χ3n) is 3.49. The van der Waals surface area contributed by atoms with Crippen LogP contribution in [0.3, 0.4) is 0 Å². The van der Waals surface area contributed by atoms with Gasteiger partial charge in [-0.1, -0.05) is 12.6 Å². The maximum Gasteiger partial charge on any atom is 0.246 e. The predicted octanol–water partition coefficient (Wildman–Crippen LogP) is 1.17. The molecule has 0 aliphatic carbocycles. The van der Waals surface area contributed by atoms with Crippen molar-refractivity contribution in [2.45, 2.75) is 0 Å². The minimum Gasteiger partial charge on any atom is -0.353 e. The van der Waals surface area contributed by atoms with Crippen LogP contribution >= 0.6 is 0 Å². The number of nitrogens with zero attached hydrogens (tertiary/aromatic N) is 4. The number of pyridine rings is 1. The molecule has 0 N–H and O–H groups in total. The Hall–Kier alpha value is -2.30. The topological polar surface area (TPSA) is 40.9 Å². The molecule has 1 amide bonds. The average Bonchev–Trinajstić information content (AvgIpc) is 2.90. The normalized spacial score (nSPS) is 15.8. The second-order valence-electron chi connectivity index (χ2n) is 4.56. The zero-order chi connectivity index (χ0) is 13.2. The summed E-state index contributed by atoms with van der Waals surface area (Å²) in [6, 6.07) is 5.96. The molecule has 5 heteroatoms. The minimum absolute atomic E-state index is 0.0118. The van der Waals surface area contributed by atoms with Crippen molar-refractivity contribution >= 4 is 17.4 Å². The van der Waals surface area contributed by atoms with E-state index in [0.717, 1.165) is 37.6 Å². The Bertz CT molecular complexity index is 611. The Morgan fingerprint density at radius 3 is 2.79 bits per heavy atom. The molecule has 0 atom stereocenters. The van der Waals surface area contributed by atoms with Gasteiger partial charge < -0.3 is 9.80 Å². The van der Waals surface area contributed by atoms with E-state index in [1.54, 1.807) is 0 Å². The van der Waals surface area contributed by atoms with Crippen molar-refractivity contribution in [1.29, 1.82) is 0 Å². The number of fused-ring (bicyclic) bond motifs is 1. The minimum atomic E-state index is 0.0118. The van der Waals surface area contributed by atoms with Gasteiger partial charge in [-0.15, -0.1) is 0 Å². The molecule has 1 aliphatic heterocycles. The van der Waals surface area contributed by atoms with Crippen LogP contribution in [0.15, 0.2) is 43.2 Å². The fraction of sp³-hybridized carbons (Fsp3) is 0.286. The Kier molecular flexibility index (Phi) is 2.95. The highest BCUT2D eigenvalue weighted by Gasteiger charge is 2.21. The Balaban J connectivity index is 1.78. The van der Waals surface area contributed by atoms with Crippen molar-refractivity contribution in [3.63, 3.8) is 0 Å². The number of hydrogen-bond acceptors (Lipinski definition) is 3. The zero-order valence-corrected chi connectivity index (χ0v) is 10.7. The molecule has 2 aromatic heterocycles. The van der Waals surface area contributed by atoms with E-state index in [0.29, 0.717) is 0 Å². The van der Waals surface area contributed by atoms with E-state index in [4.69, 9.17) is 0 Å². The molecule has 19 heavy (non-hydrogen) atoms. The quantitative estimate of drug-likeness (QED) is 0.757. The summed E-state index contributed by atoms with van der Waals surface area (Å²) in [5.41, 5.74) is 0.946. The molecular formula is C14H16N4O. The van der Waals surface area contributed by atoms with Gasteiger partial charge in [0, 0.05) is 32.4 Å². The lowest BCUT2D eigenvalue weighted by atomic mass is 10.3. The third kappa shape index (κ3) is 2.07. The second kappa shape index (κ2) is 4.76. The molecule has 0 radical (unpaired) electrons. The number of amides is 1. The summed E-state index contributed by atoms with van der Waals surface area (Å²) in [5, 5.41) is 0. The first-order valence-electron chi connectivity index (χ1n) is 6.38. The van der Waals surface area contributed by atoms with Gasteiger partial charge in [0.1, 0.15) is 11.5 Å². The molecule has 3 heterocycles. The van der Waals surface area contributed by atoms with Crippen molar-refractivity contribution < 1.29 is 4.79 Å². The number of imidazole rings is 1. The number of carbonyl (C=O) groups is 1. The van der Waals surface area contributed by atoms with Crippen molar-refractivity contribution in [2.75, 3.05) is 31.1 Å². The van der Waals surface area contributed by atoms with Crippen LogP contribution in [0.1, 0.15) is 0 Å². The molecule has 1 fully saturated rings. The van der Waals surface area contributed by atoms with E-state index < -0.39 is 0 Å². The molecule has 98 valence electrons. The van der Waals surface area contributed by atoms with Gasteiger partial charge in [-0.25, -0.2) is 4.98 Å². The lowest BCUT2D eigenvalue weighted by Gasteiger charge is -2.35. The van der Waals surface area contributed by atoms with Crippen molar-refractivity contribution in [3.05, 3.63) is 43.2 Å². The van der Waals surface area contributed by atoms with Crippen LogP contribution in [-0.2, 0) is 4.79 Å². The maximum absolute atomic E-state index is 11.5. The van der Waals surface area contributed by atoms with Gasteiger partial charge in [0.2, 0.25) is 5.91 Å². The fourth-order valence-corrected chi connectivity index (χ4v) is 2.44. The highest BCUT2D eigenvalue weighted by Crippen LogP contribution is 2.18. The van der Waals surface area contributed by atoms with Crippen LogP contribution in [0.2, 0.25) is 0 Å². The largest absolute Gasteiger partial charge is 0.353 e. The van der Waals surface area contributed by atoms with Crippen LogP contribution < -0.4 is 4.90 Å². The van der Waals surface area contributed by atoms with E-state index in [1.165, 1.54) is 6.08 Å². The van der Waals surface area contributed by atoms with E-state index >= 15 is 0 Å². The standard InChI is InChI=1S/C14H16N4O/c1-2-14(19)17-9-7-16(8-10-17)13-11-15-12-5-3-4-6-18(12)13/h2-6,11H,1,7-10H2. The van der Waals surface area contributed by atoms with Gasteiger partial charge in [-0.05, 0) is 18.2 Å². The summed E-state index contributed by atoms with van der Waals surface area (Å²) >= 11 is 0. The van der Waals surface area contributed by atoms with Crippen molar-refractivity contribution in [3.8, 4) is 0 Å². The number of piperazine rings is 1. The van der Waals surface area contributed by atoms with Crippen LogP contribution in [0.5, 0.6) is 0 Å². The van der Waals surface area contributed by atoms with Crippen molar-refractivity contribution in [2.24, 2.45) is 0 Å². The van der Waals surface area contributed by atoms with Crippen LogP contribution in [0, 0.1) is 0 Å². The first-order chi connectivity index (χ1) is 9.29. The molecule has 0 unspecified atom stereocenters. The van der Waals surface area contributed by atoms with E-state index in [1.807, 2.05) is 35.5 Å². The molecule has 3 rings (SSSR count). The number of aromatic nitrogens is 2. The van der Waals surface area contributed by atoms with Crippen LogP contribution in [0.25, 0.3) is 5.65 Å². The van der Waals surface area contributed by atoms with Crippen LogP contribution in [-0.4, -0.2) is 46.4 Å². The monoisotopic (exact) mass is 256 g/mol. The van der Waals surface area contributed by atoms with E-state index in [9.17, 15) is 4.79 Å². The summed E-state index contributed by atoms with van der Waals surface area (Å²) in [6.45, 7) is 6.62. The maximum atomic E-state index is 11.5. The molecular weight excluding hydrogens is 240 g/mol. The van der Waals surface area contributed by atoms with E-state index in [-0.39, 0.29) is 5.91 Å². The molecule has 0 spiro atoms. The number of carbonyl (C=O) groups excluding carboxylic acids is 1. The summed E-state index contributed by atoms with van der Waals surface area (Å²) in [4.78, 5) is 20.0. The Morgan fingerprint density at radius 2 is 2.05 bits per heavy atom. The smallest absolute Gasteiger partial charge is 0.246 e. The number of rotatable bonds is 2. The van der Waals surface area contributed by atoms with Crippen LogP contribution in [0.4, 0.5) is 5.82 Å². The van der Waals surface area contributed by atoms with Gasteiger partial charge in [0.15, 0.2) is 0 Å². The Morgan fingerprint density at radius 1 is 1.26 bits per heavy atom. The third-order valence-corrected chi connectivity index (χ3v) is 3.49. The van der Waals surface area contributed by atoms with Gasteiger partial charge >= 0.3 is 0 Å². The molecule has 0 bridgehead atoms. The highest BCUT2D eigenvalue weighted by molar-refractivity contribution is 5.87. The van der Waals surface area contributed by atoms with E-state index in [2.05, 4.69) is 20.9 Å². The lowest BCUT2D eigenvalue weighted by molar-refractivity contribution is -0.126. The molecule has 2 aromatic rings. The van der Waals surface area contributed by atoms with Crippen molar-refractivity contribution in [1.82, 2.24) is 14.3 Å². The van der Waals surface area contributed by atoms with Gasteiger partial charge in [0.05, 0.1) is 6.20 Å².